The lowest BCUT2D eigenvalue weighted by atomic mass is 9.44. The van der Waals surface area contributed by atoms with Gasteiger partial charge in [-0.3, -0.25) is 4.79 Å². The normalized spacial score (nSPS) is 46.3. The molecule has 0 aromatic carbocycles. The standard InChI is InChI=1S/C27H36F2O7/c1-13(2)15(4)35-23(34)36-27(22(32)33)14(3)9-17-18-11-20(28)19-10-16(30)7-8-24(19,5)26(18,29)21(31)12-25(17,27)6/h7-8,10,13-15,17-18,20-21,31H,9,11-12H2,1-6H3,(H,32,33)/t14?,15?,17-,18-,20?,21?,24-,25-,26?,27?/m0/s1. The minimum atomic E-state index is -2.34. The summed E-state index contributed by atoms with van der Waals surface area (Å²) in [4.78, 5) is 37.6. The number of ether oxygens (including phenoxy) is 2. The SMILES string of the molecule is CC(C)C(C)OC(=O)OC1(C(=O)O)C(C)C[C@H]2[C@@H]3CC(F)C4=CC(=O)C=C[C@]4(C)C3(F)C(O)C[C@@]21C. The molecule has 3 fully saturated rings. The van der Waals surface area contributed by atoms with Crippen molar-refractivity contribution in [1.82, 2.24) is 0 Å². The topological polar surface area (TPSA) is 110 Å². The van der Waals surface area contributed by atoms with Crippen LogP contribution in [0, 0.1) is 34.5 Å². The summed E-state index contributed by atoms with van der Waals surface area (Å²) in [5.74, 6) is -4.42. The maximum absolute atomic E-state index is 17.2. The highest BCUT2D eigenvalue weighted by Crippen LogP contribution is 2.71. The van der Waals surface area contributed by atoms with Gasteiger partial charge in [0.05, 0.1) is 6.10 Å². The first-order valence-electron chi connectivity index (χ1n) is 12.7. The maximum atomic E-state index is 17.2. The summed E-state index contributed by atoms with van der Waals surface area (Å²) in [6, 6.07) is 0. The van der Waals surface area contributed by atoms with Gasteiger partial charge in [0.1, 0.15) is 12.3 Å². The molecule has 0 saturated heterocycles. The van der Waals surface area contributed by atoms with Gasteiger partial charge >= 0.3 is 12.1 Å². The molecule has 200 valence electrons. The smallest absolute Gasteiger partial charge is 0.478 e. The van der Waals surface area contributed by atoms with Crippen molar-refractivity contribution in [3.8, 4) is 0 Å². The van der Waals surface area contributed by atoms with Crippen molar-refractivity contribution in [3.05, 3.63) is 23.8 Å². The third-order valence-electron chi connectivity index (χ3n) is 9.95. The van der Waals surface area contributed by atoms with Crippen LogP contribution in [0.3, 0.4) is 0 Å². The molecule has 0 aliphatic heterocycles. The molecule has 10 atom stereocenters. The average molecular weight is 511 g/mol. The quantitative estimate of drug-likeness (QED) is 0.533. The number of aliphatic hydroxyl groups excluding tert-OH is 1. The number of carboxylic acids is 1. The summed E-state index contributed by atoms with van der Waals surface area (Å²) in [5.41, 5.74) is -7.43. The molecule has 7 nitrogen and oxygen atoms in total. The van der Waals surface area contributed by atoms with Gasteiger partial charge in [0, 0.05) is 22.7 Å². The Hall–Kier alpha value is -2.29. The van der Waals surface area contributed by atoms with Gasteiger partial charge in [0.25, 0.3) is 0 Å². The van der Waals surface area contributed by atoms with Gasteiger partial charge in [-0.1, -0.05) is 33.8 Å². The molecule has 36 heavy (non-hydrogen) atoms. The molecule has 0 spiro atoms. The van der Waals surface area contributed by atoms with E-state index in [4.69, 9.17) is 9.47 Å². The van der Waals surface area contributed by atoms with Crippen molar-refractivity contribution in [2.45, 2.75) is 90.5 Å². The molecule has 2 N–H and O–H groups in total. The number of hydrogen-bond acceptors (Lipinski definition) is 6. The minimum Gasteiger partial charge on any atom is -0.478 e. The zero-order valence-corrected chi connectivity index (χ0v) is 21.6. The Morgan fingerprint density at radius 1 is 1.17 bits per heavy atom. The van der Waals surface area contributed by atoms with E-state index < -0.39 is 76.1 Å². The van der Waals surface area contributed by atoms with E-state index in [1.165, 1.54) is 19.1 Å². The molecular formula is C27H36F2O7. The van der Waals surface area contributed by atoms with Crippen LogP contribution in [0.25, 0.3) is 0 Å². The summed E-state index contributed by atoms with van der Waals surface area (Å²) >= 11 is 0. The molecule has 4 aliphatic rings. The van der Waals surface area contributed by atoms with Crippen LogP contribution in [-0.4, -0.2) is 57.8 Å². The number of aliphatic hydroxyl groups is 1. The first-order valence-corrected chi connectivity index (χ1v) is 12.7. The van der Waals surface area contributed by atoms with Crippen LogP contribution in [0.4, 0.5) is 13.6 Å². The van der Waals surface area contributed by atoms with Gasteiger partial charge in [-0.2, -0.15) is 0 Å². The van der Waals surface area contributed by atoms with Crippen LogP contribution in [0.15, 0.2) is 23.8 Å². The van der Waals surface area contributed by atoms with Gasteiger partial charge in [0.2, 0.25) is 5.60 Å². The Labute approximate surface area is 209 Å². The first-order chi connectivity index (χ1) is 16.6. The second kappa shape index (κ2) is 8.36. The molecule has 0 heterocycles. The number of allylic oxidation sites excluding steroid dienone is 4. The number of carbonyl (C=O) groups excluding carboxylic acids is 2. The molecule has 6 unspecified atom stereocenters. The Kier molecular flexibility index (Phi) is 6.22. The third kappa shape index (κ3) is 3.26. The molecule has 4 aliphatic carbocycles. The molecule has 0 aromatic heterocycles. The maximum Gasteiger partial charge on any atom is 0.509 e. The number of carboxylic acid groups (broad SMARTS) is 1. The zero-order valence-electron chi connectivity index (χ0n) is 21.6. The van der Waals surface area contributed by atoms with Crippen LogP contribution in [0.1, 0.15) is 60.8 Å². The summed E-state index contributed by atoms with van der Waals surface area (Å²) in [6.45, 7) is 10.0. The zero-order chi connectivity index (χ0) is 27.0. The number of hydrogen-bond donors (Lipinski definition) is 2. The van der Waals surface area contributed by atoms with Gasteiger partial charge in [-0.15, -0.1) is 0 Å². The Bertz CT molecular complexity index is 1040. The Morgan fingerprint density at radius 2 is 1.81 bits per heavy atom. The molecule has 9 heteroatoms. The van der Waals surface area contributed by atoms with E-state index in [0.29, 0.717) is 0 Å². The van der Waals surface area contributed by atoms with E-state index >= 15 is 8.78 Å². The minimum absolute atomic E-state index is 0.00514. The van der Waals surface area contributed by atoms with E-state index in [2.05, 4.69) is 0 Å². The molecule has 0 bridgehead atoms. The highest BCUT2D eigenvalue weighted by atomic mass is 19.1. The summed E-state index contributed by atoms with van der Waals surface area (Å²) < 4.78 is 43.7. The van der Waals surface area contributed by atoms with Gasteiger partial charge in [0.15, 0.2) is 11.5 Å². The Morgan fingerprint density at radius 3 is 2.39 bits per heavy atom. The van der Waals surface area contributed by atoms with Crippen molar-refractivity contribution in [2.75, 3.05) is 0 Å². The van der Waals surface area contributed by atoms with Crippen LogP contribution >= 0.6 is 0 Å². The number of fused-ring (bicyclic) bond motifs is 5. The van der Waals surface area contributed by atoms with E-state index in [0.717, 1.165) is 6.08 Å². The lowest BCUT2D eigenvalue weighted by Crippen LogP contribution is -2.71. The van der Waals surface area contributed by atoms with Gasteiger partial charge in [-0.05, 0) is 62.7 Å². The Balaban J connectivity index is 1.79. The molecule has 0 radical (unpaired) electrons. The van der Waals surface area contributed by atoms with E-state index in [1.807, 2.05) is 13.8 Å². The molecule has 0 amide bonds. The van der Waals surface area contributed by atoms with Gasteiger partial charge < -0.3 is 19.7 Å². The van der Waals surface area contributed by atoms with Crippen LogP contribution in [0.5, 0.6) is 0 Å². The molecule has 0 aromatic rings. The molecular weight excluding hydrogens is 474 g/mol. The van der Waals surface area contributed by atoms with Crippen LogP contribution in [-0.2, 0) is 19.1 Å². The fourth-order valence-corrected chi connectivity index (χ4v) is 7.68. The molecule has 3 saturated carbocycles. The number of ketones is 1. The van der Waals surface area contributed by atoms with Gasteiger partial charge in [-0.25, -0.2) is 18.4 Å². The van der Waals surface area contributed by atoms with Crippen LogP contribution in [0.2, 0.25) is 0 Å². The number of carbonyl (C=O) groups is 3. The summed E-state index contributed by atoms with van der Waals surface area (Å²) in [6.07, 6.45) is -1.86. The van der Waals surface area contributed by atoms with Crippen molar-refractivity contribution in [2.24, 2.45) is 34.5 Å². The fourth-order valence-electron chi connectivity index (χ4n) is 7.68. The second-order valence-corrected chi connectivity index (χ2v) is 12.0. The van der Waals surface area contributed by atoms with E-state index in [1.54, 1.807) is 20.8 Å². The van der Waals surface area contributed by atoms with Crippen LogP contribution < -0.4 is 0 Å². The van der Waals surface area contributed by atoms with Crippen molar-refractivity contribution in [3.63, 3.8) is 0 Å². The predicted molar refractivity (Wildman–Crippen MR) is 125 cm³/mol. The van der Waals surface area contributed by atoms with E-state index in [9.17, 15) is 24.6 Å². The molecule has 4 rings (SSSR count). The fraction of sp³-hybridized carbons (Fsp3) is 0.741. The highest BCUT2D eigenvalue weighted by molar-refractivity contribution is 6.01. The van der Waals surface area contributed by atoms with Crippen molar-refractivity contribution < 1.29 is 42.9 Å². The highest BCUT2D eigenvalue weighted by Gasteiger charge is 2.78. The van der Waals surface area contributed by atoms with E-state index in [-0.39, 0.29) is 30.8 Å². The lowest BCUT2D eigenvalue weighted by molar-refractivity contribution is -0.232. The summed E-state index contributed by atoms with van der Waals surface area (Å²) in [7, 11) is 0. The summed E-state index contributed by atoms with van der Waals surface area (Å²) in [5, 5.41) is 21.8. The second-order valence-electron chi connectivity index (χ2n) is 12.0. The largest absolute Gasteiger partial charge is 0.509 e. The lowest BCUT2D eigenvalue weighted by Gasteiger charge is -2.62. The number of rotatable bonds is 4. The van der Waals surface area contributed by atoms with Crippen molar-refractivity contribution >= 4 is 17.9 Å². The number of aliphatic carboxylic acids is 1. The monoisotopic (exact) mass is 510 g/mol. The first kappa shape index (κ1) is 26.8. The average Bonchev–Trinajstić information content (AvgIpc) is 2.99. The predicted octanol–water partition coefficient (Wildman–Crippen LogP) is 4.57. The third-order valence-corrected chi connectivity index (χ3v) is 9.95. The number of halogens is 2. The van der Waals surface area contributed by atoms with Crippen molar-refractivity contribution in [1.29, 1.82) is 0 Å². The number of alkyl halides is 2.